The van der Waals surface area contributed by atoms with Crippen molar-refractivity contribution in [2.75, 3.05) is 31.2 Å². The Morgan fingerprint density at radius 1 is 1.33 bits per heavy atom. The average Bonchev–Trinajstić information content (AvgIpc) is 2.44. The smallest absolute Gasteiger partial charge is 0.272 e. The molecule has 2 aromatic rings. The van der Waals surface area contributed by atoms with E-state index in [0.717, 1.165) is 30.0 Å². The molecule has 0 radical (unpaired) electrons. The average molecular weight is 246 g/mol. The minimum absolute atomic E-state index is 0.174. The van der Waals surface area contributed by atoms with Crippen molar-refractivity contribution in [2.45, 2.75) is 6.92 Å². The lowest BCUT2D eigenvalue weighted by Gasteiger charge is -2.27. The van der Waals surface area contributed by atoms with Gasteiger partial charge in [0.15, 0.2) is 0 Å². The van der Waals surface area contributed by atoms with Crippen molar-refractivity contribution in [3.05, 3.63) is 28.3 Å². The van der Waals surface area contributed by atoms with E-state index in [-0.39, 0.29) is 5.56 Å². The summed E-state index contributed by atoms with van der Waals surface area (Å²) in [6, 6.07) is 1.83. The van der Waals surface area contributed by atoms with E-state index in [2.05, 4.69) is 20.1 Å². The topological polar surface area (TPSA) is 71.1 Å². The van der Waals surface area contributed by atoms with Gasteiger partial charge in [0, 0.05) is 24.7 Å². The highest BCUT2D eigenvalue weighted by molar-refractivity contribution is 5.84. The van der Waals surface area contributed by atoms with Gasteiger partial charge in [-0.25, -0.2) is 10.1 Å². The first-order chi connectivity index (χ1) is 8.75. The summed E-state index contributed by atoms with van der Waals surface area (Å²) in [5, 5.41) is 7.87. The van der Waals surface area contributed by atoms with Crippen LogP contribution in [0.1, 0.15) is 5.69 Å². The number of aromatic amines is 1. The second-order valence-corrected chi connectivity index (χ2v) is 4.33. The molecule has 0 amide bonds. The van der Waals surface area contributed by atoms with Gasteiger partial charge in [0.2, 0.25) is 0 Å². The molecular weight excluding hydrogens is 232 g/mol. The number of H-pyrrole nitrogens is 1. The Hall–Kier alpha value is -1.95. The Balaban J connectivity index is 2.10. The van der Waals surface area contributed by atoms with Crippen LogP contribution in [0.4, 0.5) is 5.82 Å². The van der Waals surface area contributed by atoms with Crippen molar-refractivity contribution in [3.63, 3.8) is 0 Å². The van der Waals surface area contributed by atoms with Gasteiger partial charge in [-0.1, -0.05) is 0 Å². The fourth-order valence-corrected chi connectivity index (χ4v) is 2.14. The molecule has 3 heterocycles. The normalized spacial score (nSPS) is 16.2. The molecule has 1 fully saturated rings. The molecular formula is C12H14N4O2. The summed E-state index contributed by atoms with van der Waals surface area (Å²) in [7, 11) is 0. The van der Waals surface area contributed by atoms with Gasteiger partial charge < -0.3 is 9.64 Å². The van der Waals surface area contributed by atoms with E-state index in [9.17, 15) is 4.79 Å². The van der Waals surface area contributed by atoms with Crippen LogP contribution in [0.5, 0.6) is 0 Å². The molecule has 6 heteroatoms. The summed E-state index contributed by atoms with van der Waals surface area (Å²) in [5.41, 5.74) is 0.609. The number of hydrogen-bond donors (Lipinski definition) is 1. The summed E-state index contributed by atoms with van der Waals surface area (Å²) in [6.07, 6.45) is 1.72. The Morgan fingerprint density at radius 2 is 2.11 bits per heavy atom. The quantitative estimate of drug-likeness (QED) is 0.791. The number of ether oxygens (including phenoxy) is 1. The van der Waals surface area contributed by atoms with Crippen LogP contribution in [0.15, 0.2) is 17.1 Å². The number of pyridine rings is 1. The molecule has 0 spiro atoms. The highest BCUT2D eigenvalue weighted by Crippen LogP contribution is 2.18. The fraction of sp³-hybridized carbons (Fsp3) is 0.417. The molecule has 0 bridgehead atoms. The van der Waals surface area contributed by atoms with Crippen LogP contribution in [-0.4, -0.2) is 41.5 Å². The standard InChI is InChI=1S/C12H14N4O2/c1-8-10-7-13-11(16-2-4-18-5-3-16)6-9(10)12(17)15-14-8/h6-7H,2-5H2,1H3,(H,15,17). The maximum Gasteiger partial charge on any atom is 0.272 e. The Labute approximate surface area is 104 Å². The number of morpholine rings is 1. The lowest BCUT2D eigenvalue weighted by molar-refractivity contribution is 0.122. The van der Waals surface area contributed by atoms with Crippen LogP contribution in [0.3, 0.4) is 0 Å². The third-order valence-corrected chi connectivity index (χ3v) is 3.18. The zero-order valence-electron chi connectivity index (χ0n) is 10.1. The van der Waals surface area contributed by atoms with Crippen molar-refractivity contribution in [1.82, 2.24) is 15.2 Å². The predicted molar refractivity (Wildman–Crippen MR) is 67.9 cm³/mol. The Kier molecular flexibility index (Phi) is 2.71. The number of nitrogens with zero attached hydrogens (tertiary/aromatic N) is 3. The number of rotatable bonds is 1. The molecule has 0 aromatic carbocycles. The third kappa shape index (κ3) is 1.84. The van der Waals surface area contributed by atoms with Crippen LogP contribution in [0.2, 0.25) is 0 Å². The minimum atomic E-state index is -0.174. The summed E-state index contributed by atoms with van der Waals surface area (Å²) in [4.78, 5) is 18.3. The summed E-state index contributed by atoms with van der Waals surface area (Å²) < 4.78 is 5.30. The van der Waals surface area contributed by atoms with Crippen LogP contribution in [-0.2, 0) is 4.74 Å². The maximum atomic E-state index is 11.8. The van der Waals surface area contributed by atoms with Crippen molar-refractivity contribution >= 4 is 16.6 Å². The SMILES string of the molecule is Cc1n[nH]c(=O)c2cc(N3CCOCC3)ncc12. The van der Waals surface area contributed by atoms with E-state index in [1.54, 1.807) is 6.20 Å². The van der Waals surface area contributed by atoms with Crippen LogP contribution in [0.25, 0.3) is 10.8 Å². The van der Waals surface area contributed by atoms with Gasteiger partial charge in [0.05, 0.1) is 24.3 Å². The van der Waals surface area contributed by atoms with Crippen molar-refractivity contribution in [2.24, 2.45) is 0 Å². The summed E-state index contributed by atoms with van der Waals surface area (Å²) in [5.74, 6) is 0.821. The highest BCUT2D eigenvalue weighted by Gasteiger charge is 2.14. The molecule has 94 valence electrons. The molecule has 1 N–H and O–H groups in total. The van der Waals surface area contributed by atoms with Gasteiger partial charge in [-0.15, -0.1) is 0 Å². The number of aryl methyl sites for hydroxylation is 1. The molecule has 6 nitrogen and oxygen atoms in total. The first-order valence-electron chi connectivity index (χ1n) is 5.93. The number of hydrogen-bond acceptors (Lipinski definition) is 5. The lowest BCUT2D eigenvalue weighted by Crippen LogP contribution is -2.36. The molecule has 1 aliphatic heterocycles. The number of aromatic nitrogens is 3. The van der Waals surface area contributed by atoms with Crippen LogP contribution >= 0.6 is 0 Å². The van der Waals surface area contributed by atoms with E-state index in [1.807, 2.05) is 13.0 Å². The number of anilines is 1. The van der Waals surface area contributed by atoms with E-state index in [0.29, 0.717) is 18.6 Å². The molecule has 0 aliphatic carbocycles. The van der Waals surface area contributed by atoms with Gasteiger partial charge in [0.1, 0.15) is 5.82 Å². The molecule has 1 aliphatic rings. The first-order valence-corrected chi connectivity index (χ1v) is 5.93. The predicted octanol–water partition coefficient (Wildman–Crippen LogP) is 0.463. The zero-order valence-corrected chi connectivity index (χ0v) is 10.1. The molecule has 2 aromatic heterocycles. The number of fused-ring (bicyclic) bond motifs is 1. The third-order valence-electron chi connectivity index (χ3n) is 3.18. The van der Waals surface area contributed by atoms with Crippen molar-refractivity contribution in [3.8, 4) is 0 Å². The number of nitrogens with one attached hydrogen (secondary N) is 1. The molecule has 0 atom stereocenters. The molecule has 1 saturated heterocycles. The monoisotopic (exact) mass is 246 g/mol. The van der Waals surface area contributed by atoms with Crippen molar-refractivity contribution < 1.29 is 4.74 Å². The Morgan fingerprint density at radius 3 is 2.89 bits per heavy atom. The van der Waals surface area contributed by atoms with Crippen molar-refractivity contribution in [1.29, 1.82) is 0 Å². The van der Waals surface area contributed by atoms with Crippen LogP contribution < -0.4 is 10.5 Å². The first kappa shape index (κ1) is 11.2. The van der Waals surface area contributed by atoms with E-state index in [1.165, 1.54) is 0 Å². The second-order valence-electron chi connectivity index (χ2n) is 4.33. The van der Waals surface area contributed by atoms with Gasteiger partial charge in [-0.3, -0.25) is 4.79 Å². The molecule has 18 heavy (non-hydrogen) atoms. The maximum absolute atomic E-state index is 11.8. The van der Waals surface area contributed by atoms with Crippen LogP contribution in [0, 0.1) is 6.92 Å². The van der Waals surface area contributed by atoms with Gasteiger partial charge in [-0.2, -0.15) is 5.10 Å². The zero-order chi connectivity index (χ0) is 12.5. The summed E-state index contributed by atoms with van der Waals surface area (Å²) in [6.45, 7) is 4.87. The summed E-state index contributed by atoms with van der Waals surface area (Å²) >= 11 is 0. The lowest BCUT2D eigenvalue weighted by atomic mass is 10.2. The van der Waals surface area contributed by atoms with E-state index >= 15 is 0 Å². The Bertz CT molecular complexity index is 632. The second kappa shape index (κ2) is 4.38. The van der Waals surface area contributed by atoms with Gasteiger partial charge in [0.25, 0.3) is 5.56 Å². The van der Waals surface area contributed by atoms with Gasteiger partial charge >= 0.3 is 0 Å². The fourth-order valence-electron chi connectivity index (χ4n) is 2.14. The molecule has 3 rings (SSSR count). The van der Waals surface area contributed by atoms with E-state index < -0.39 is 0 Å². The minimum Gasteiger partial charge on any atom is -0.378 e. The van der Waals surface area contributed by atoms with E-state index in [4.69, 9.17) is 4.74 Å². The van der Waals surface area contributed by atoms with Gasteiger partial charge in [-0.05, 0) is 13.0 Å². The molecule has 0 unspecified atom stereocenters. The highest BCUT2D eigenvalue weighted by atomic mass is 16.5. The largest absolute Gasteiger partial charge is 0.378 e. The molecule has 0 saturated carbocycles.